The number of carbonyl (C=O) groups excluding carboxylic acids is 1. The van der Waals surface area contributed by atoms with Gasteiger partial charge in [0, 0.05) is 24.5 Å². The van der Waals surface area contributed by atoms with Crippen LogP contribution in [-0.2, 0) is 0 Å². The first-order chi connectivity index (χ1) is 8.22. The van der Waals surface area contributed by atoms with Crippen molar-refractivity contribution < 1.29 is 4.79 Å². The summed E-state index contributed by atoms with van der Waals surface area (Å²) in [5, 5.41) is 7.79. The lowest BCUT2D eigenvalue weighted by atomic mass is 10.1. The molecule has 17 heavy (non-hydrogen) atoms. The second-order valence-corrected chi connectivity index (χ2v) is 4.04. The molecular weight excluding hydrogens is 216 g/mol. The quantitative estimate of drug-likeness (QED) is 0.825. The number of fused-ring (bicyclic) bond motifs is 1. The minimum atomic E-state index is 0.00921. The van der Waals surface area contributed by atoms with E-state index in [1.54, 1.807) is 18.1 Å². The molecule has 0 radical (unpaired) electrons. The highest BCUT2D eigenvalue weighted by Crippen LogP contribution is 2.14. The van der Waals surface area contributed by atoms with Crippen LogP contribution in [0.1, 0.15) is 16.8 Å². The van der Waals surface area contributed by atoms with Gasteiger partial charge in [0.2, 0.25) is 0 Å². The van der Waals surface area contributed by atoms with Gasteiger partial charge in [0.05, 0.1) is 11.7 Å². The summed E-state index contributed by atoms with van der Waals surface area (Å²) in [4.78, 5) is 13.8. The Kier molecular flexibility index (Phi) is 3.39. The maximum atomic E-state index is 12.1. The van der Waals surface area contributed by atoms with Crippen LogP contribution in [0.2, 0.25) is 0 Å². The van der Waals surface area contributed by atoms with E-state index in [0.717, 1.165) is 17.3 Å². The van der Waals surface area contributed by atoms with E-state index in [9.17, 15) is 4.79 Å². The Balaban J connectivity index is 2.17. The van der Waals surface area contributed by atoms with E-state index in [4.69, 9.17) is 5.73 Å². The molecule has 0 spiro atoms. The Morgan fingerprint density at radius 3 is 3.12 bits per heavy atom. The third-order valence-corrected chi connectivity index (χ3v) is 2.73. The van der Waals surface area contributed by atoms with Crippen molar-refractivity contribution in [2.24, 2.45) is 5.73 Å². The number of hydrogen-bond donors (Lipinski definition) is 2. The van der Waals surface area contributed by atoms with Crippen LogP contribution in [-0.4, -0.2) is 41.1 Å². The number of nitrogens with two attached hydrogens (primary N) is 1. The van der Waals surface area contributed by atoms with E-state index in [2.05, 4.69) is 10.2 Å². The van der Waals surface area contributed by atoms with Crippen LogP contribution in [0.25, 0.3) is 10.9 Å². The number of hydrogen-bond acceptors (Lipinski definition) is 3. The first-order valence-corrected chi connectivity index (χ1v) is 5.61. The Hall–Kier alpha value is -1.88. The van der Waals surface area contributed by atoms with Crippen LogP contribution in [0.4, 0.5) is 0 Å². The topological polar surface area (TPSA) is 75.0 Å². The van der Waals surface area contributed by atoms with Crippen LogP contribution in [0, 0.1) is 0 Å². The molecule has 0 unspecified atom stereocenters. The van der Waals surface area contributed by atoms with Gasteiger partial charge in [-0.25, -0.2) is 0 Å². The number of carbonyl (C=O) groups is 1. The predicted octanol–water partition coefficient (Wildman–Crippen LogP) is 0.984. The Labute approximate surface area is 99.6 Å². The number of nitrogens with zero attached hydrogens (tertiary/aromatic N) is 2. The zero-order valence-electron chi connectivity index (χ0n) is 9.81. The van der Waals surface area contributed by atoms with E-state index >= 15 is 0 Å². The molecule has 1 heterocycles. The first kappa shape index (κ1) is 11.6. The number of H-pyrrole nitrogens is 1. The average Bonchev–Trinajstić information content (AvgIpc) is 2.81. The van der Waals surface area contributed by atoms with Gasteiger partial charge in [-0.2, -0.15) is 5.10 Å². The molecule has 90 valence electrons. The molecule has 0 saturated heterocycles. The van der Waals surface area contributed by atoms with Crippen molar-refractivity contribution in [3.8, 4) is 0 Å². The summed E-state index contributed by atoms with van der Waals surface area (Å²) in [5.74, 6) is 0.00921. The molecular formula is C12H16N4O. The number of benzene rings is 1. The highest BCUT2D eigenvalue weighted by atomic mass is 16.2. The summed E-state index contributed by atoms with van der Waals surface area (Å²) in [6.45, 7) is 1.27. The molecule has 1 aromatic heterocycles. The van der Waals surface area contributed by atoms with Gasteiger partial charge in [-0.3, -0.25) is 9.89 Å². The number of nitrogens with one attached hydrogen (secondary N) is 1. The van der Waals surface area contributed by atoms with Crippen molar-refractivity contribution in [1.82, 2.24) is 15.1 Å². The van der Waals surface area contributed by atoms with Gasteiger partial charge in [0.1, 0.15) is 0 Å². The molecule has 0 fully saturated rings. The normalized spacial score (nSPS) is 10.7. The smallest absolute Gasteiger partial charge is 0.253 e. The first-order valence-electron chi connectivity index (χ1n) is 5.61. The maximum Gasteiger partial charge on any atom is 0.253 e. The van der Waals surface area contributed by atoms with Crippen molar-refractivity contribution in [3.05, 3.63) is 30.0 Å². The molecule has 5 heteroatoms. The molecule has 0 aliphatic rings. The number of amides is 1. The van der Waals surface area contributed by atoms with Gasteiger partial charge >= 0.3 is 0 Å². The van der Waals surface area contributed by atoms with Gasteiger partial charge in [0.25, 0.3) is 5.91 Å². The second kappa shape index (κ2) is 4.97. The van der Waals surface area contributed by atoms with Gasteiger partial charge in [-0.15, -0.1) is 0 Å². The number of rotatable bonds is 4. The fraction of sp³-hybridized carbons (Fsp3) is 0.333. The van der Waals surface area contributed by atoms with Crippen LogP contribution in [0.3, 0.4) is 0 Å². The van der Waals surface area contributed by atoms with Crippen molar-refractivity contribution in [2.45, 2.75) is 6.42 Å². The van der Waals surface area contributed by atoms with Crippen molar-refractivity contribution >= 4 is 16.8 Å². The van der Waals surface area contributed by atoms with Crippen LogP contribution < -0.4 is 5.73 Å². The summed E-state index contributed by atoms with van der Waals surface area (Å²) in [6.07, 6.45) is 2.55. The molecule has 0 atom stereocenters. The van der Waals surface area contributed by atoms with E-state index in [0.29, 0.717) is 18.7 Å². The van der Waals surface area contributed by atoms with E-state index < -0.39 is 0 Å². The van der Waals surface area contributed by atoms with Crippen LogP contribution >= 0.6 is 0 Å². The lowest BCUT2D eigenvalue weighted by Crippen LogP contribution is -2.28. The molecule has 0 aliphatic heterocycles. The van der Waals surface area contributed by atoms with Crippen molar-refractivity contribution in [1.29, 1.82) is 0 Å². The Morgan fingerprint density at radius 1 is 1.53 bits per heavy atom. The lowest BCUT2D eigenvalue weighted by molar-refractivity contribution is 0.0794. The highest BCUT2D eigenvalue weighted by Gasteiger charge is 2.11. The minimum absolute atomic E-state index is 0.00921. The predicted molar refractivity (Wildman–Crippen MR) is 66.7 cm³/mol. The minimum Gasteiger partial charge on any atom is -0.342 e. The summed E-state index contributed by atoms with van der Waals surface area (Å²) in [6, 6.07) is 5.53. The summed E-state index contributed by atoms with van der Waals surface area (Å²) in [7, 11) is 1.79. The van der Waals surface area contributed by atoms with Crippen molar-refractivity contribution in [3.63, 3.8) is 0 Å². The van der Waals surface area contributed by atoms with Gasteiger partial charge < -0.3 is 10.6 Å². The zero-order valence-corrected chi connectivity index (χ0v) is 9.81. The Bertz CT molecular complexity index is 520. The zero-order chi connectivity index (χ0) is 12.3. The Morgan fingerprint density at radius 2 is 2.35 bits per heavy atom. The van der Waals surface area contributed by atoms with Crippen LogP contribution in [0.15, 0.2) is 24.4 Å². The summed E-state index contributed by atoms with van der Waals surface area (Å²) >= 11 is 0. The van der Waals surface area contributed by atoms with Gasteiger partial charge in [-0.05, 0) is 25.1 Å². The lowest BCUT2D eigenvalue weighted by Gasteiger charge is -2.16. The average molecular weight is 232 g/mol. The van der Waals surface area contributed by atoms with E-state index in [-0.39, 0.29) is 5.91 Å². The summed E-state index contributed by atoms with van der Waals surface area (Å²) in [5.41, 5.74) is 6.97. The summed E-state index contributed by atoms with van der Waals surface area (Å²) < 4.78 is 0. The second-order valence-electron chi connectivity index (χ2n) is 4.04. The number of aromatic amines is 1. The fourth-order valence-corrected chi connectivity index (χ4v) is 1.72. The highest BCUT2D eigenvalue weighted by molar-refractivity contribution is 5.97. The largest absolute Gasteiger partial charge is 0.342 e. The van der Waals surface area contributed by atoms with E-state index in [1.165, 1.54) is 0 Å². The van der Waals surface area contributed by atoms with Gasteiger partial charge in [0.15, 0.2) is 0 Å². The molecule has 0 saturated carbocycles. The standard InChI is InChI=1S/C12H16N4O/c1-16(6-2-5-13)12(17)9-3-4-10-8-14-15-11(10)7-9/h3-4,7-8H,2,5-6,13H2,1H3,(H,14,15). The molecule has 1 amide bonds. The van der Waals surface area contributed by atoms with E-state index in [1.807, 2.05) is 18.2 Å². The molecule has 2 rings (SSSR count). The molecule has 1 aromatic carbocycles. The third kappa shape index (κ3) is 2.45. The van der Waals surface area contributed by atoms with Gasteiger partial charge in [-0.1, -0.05) is 6.07 Å². The SMILES string of the molecule is CN(CCCN)C(=O)c1ccc2cn[nH]c2c1. The molecule has 3 N–H and O–H groups in total. The fourth-order valence-electron chi connectivity index (χ4n) is 1.72. The third-order valence-electron chi connectivity index (χ3n) is 2.73. The maximum absolute atomic E-state index is 12.1. The molecule has 2 aromatic rings. The monoisotopic (exact) mass is 232 g/mol. The molecule has 0 aliphatic carbocycles. The van der Waals surface area contributed by atoms with Crippen LogP contribution in [0.5, 0.6) is 0 Å². The van der Waals surface area contributed by atoms with Crippen molar-refractivity contribution in [2.75, 3.05) is 20.1 Å². The molecule has 0 bridgehead atoms. The molecule has 5 nitrogen and oxygen atoms in total. The number of aromatic nitrogens is 2.